The monoisotopic (exact) mass is 415 g/mol. The van der Waals surface area contributed by atoms with E-state index in [4.69, 9.17) is 4.74 Å². The van der Waals surface area contributed by atoms with Crippen molar-refractivity contribution in [2.24, 2.45) is 0 Å². The molecule has 0 aliphatic carbocycles. The summed E-state index contributed by atoms with van der Waals surface area (Å²) in [6.45, 7) is 1.81. The summed E-state index contributed by atoms with van der Waals surface area (Å²) in [4.78, 5) is 20.5. The van der Waals surface area contributed by atoms with Gasteiger partial charge in [-0.25, -0.2) is 9.37 Å². The molecular formula is C23H18FN5O2. The van der Waals surface area contributed by atoms with E-state index in [0.717, 1.165) is 5.56 Å². The van der Waals surface area contributed by atoms with E-state index in [1.807, 2.05) is 13.0 Å². The lowest BCUT2D eigenvalue weighted by molar-refractivity contribution is -0.111. The summed E-state index contributed by atoms with van der Waals surface area (Å²) < 4.78 is 19.8. The molecule has 4 rings (SSSR count). The van der Waals surface area contributed by atoms with Crippen molar-refractivity contribution in [3.63, 3.8) is 0 Å². The normalized spacial score (nSPS) is 10.9. The molecule has 4 aromatic rings. The Bertz CT molecular complexity index is 1240. The predicted molar refractivity (Wildman–Crippen MR) is 115 cm³/mol. The SMILES string of the molecule is Cc1nc(-c2cccc(NC(=O)/C=C/c3ccc(Oc4cccnc4)c(F)c3)c2)n[nH]1. The van der Waals surface area contributed by atoms with Gasteiger partial charge < -0.3 is 10.1 Å². The second kappa shape index (κ2) is 9.00. The van der Waals surface area contributed by atoms with Crippen molar-refractivity contribution in [2.45, 2.75) is 6.92 Å². The first-order chi connectivity index (χ1) is 15.1. The first-order valence-electron chi connectivity index (χ1n) is 9.43. The van der Waals surface area contributed by atoms with Crippen molar-refractivity contribution in [1.29, 1.82) is 0 Å². The number of benzene rings is 2. The highest BCUT2D eigenvalue weighted by Crippen LogP contribution is 2.25. The van der Waals surface area contributed by atoms with Crippen molar-refractivity contribution in [1.82, 2.24) is 20.2 Å². The summed E-state index contributed by atoms with van der Waals surface area (Å²) in [5.41, 5.74) is 1.90. The van der Waals surface area contributed by atoms with Gasteiger partial charge in [-0.05, 0) is 55.0 Å². The minimum atomic E-state index is -0.541. The average molecular weight is 415 g/mol. The summed E-state index contributed by atoms with van der Waals surface area (Å²) in [7, 11) is 0. The molecule has 0 aliphatic rings. The quantitative estimate of drug-likeness (QED) is 0.443. The van der Waals surface area contributed by atoms with Crippen LogP contribution in [0.3, 0.4) is 0 Å². The molecule has 8 heteroatoms. The Labute approximate surface area is 177 Å². The van der Waals surface area contributed by atoms with Crippen molar-refractivity contribution in [3.8, 4) is 22.9 Å². The molecule has 0 atom stereocenters. The highest BCUT2D eigenvalue weighted by Gasteiger charge is 2.07. The molecule has 31 heavy (non-hydrogen) atoms. The minimum absolute atomic E-state index is 0.0774. The Kier molecular flexibility index (Phi) is 5.79. The highest BCUT2D eigenvalue weighted by atomic mass is 19.1. The van der Waals surface area contributed by atoms with Gasteiger partial charge in [0.1, 0.15) is 11.6 Å². The van der Waals surface area contributed by atoms with Gasteiger partial charge in [0.15, 0.2) is 17.4 Å². The minimum Gasteiger partial charge on any atom is -0.453 e. The number of aromatic amines is 1. The average Bonchev–Trinajstić information content (AvgIpc) is 3.21. The molecule has 2 aromatic carbocycles. The van der Waals surface area contributed by atoms with Crippen LogP contribution in [0.15, 0.2) is 73.1 Å². The number of pyridine rings is 1. The molecule has 0 fully saturated rings. The number of carbonyl (C=O) groups is 1. The topological polar surface area (TPSA) is 92.8 Å². The van der Waals surface area contributed by atoms with Gasteiger partial charge >= 0.3 is 0 Å². The maximum Gasteiger partial charge on any atom is 0.248 e. The summed E-state index contributed by atoms with van der Waals surface area (Å²) >= 11 is 0. The highest BCUT2D eigenvalue weighted by molar-refractivity contribution is 6.02. The Morgan fingerprint density at radius 2 is 2.06 bits per heavy atom. The van der Waals surface area contributed by atoms with E-state index in [0.29, 0.717) is 28.6 Å². The molecule has 0 radical (unpaired) electrons. The van der Waals surface area contributed by atoms with Crippen molar-refractivity contribution in [2.75, 3.05) is 5.32 Å². The summed E-state index contributed by atoms with van der Waals surface area (Å²) in [5, 5.41) is 9.67. The van der Waals surface area contributed by atoms with E-state index in [1.54, 1.807) is 42.6 Å². The van der Waals surface area contributed by atoms with Crippen LogP contribution in [0.5, 0.6) is 11.5 Å². The van der Waals surface area contributed by atoms with Crippen LogP contribution in [0, 0.1) is 12.7 Å². The van der Waals surface area contributed by atoms with Crippen LogP contribution in [0.2, 0.25) is 0 Å². The van der Waals surface area contributed by atoms with Crippen LogP contribution in [0.4, 0.5) is 10.1 Å². The fraction of sp³-hybridized carbons (Fsp3) is 0.0435. The van der Waals surface area contributed by atoms with Gasteiger partial charge in [-0.3, -0.25) is 14.9 Å². The number of anilines is 1. The third-order valence-electron chi connectivity index (χ3n) is 4.23. The second-order valence-corrected chi connectivity index (χ2v) is 6.63. The Morgan fingerprint density at radius 1 is 1.16 bits per heavy atom. The van der Waals surface area contributed by atoms with E-state index in [-0.39, 0.29) is 11.7 Å². The Hall–Kier alpha value is -4.33. The molecule has 0 saturated carbocycles. The molecule has 0 bridgehead atoms. The lowest BCUT2D eigenvalue weighted by Gasteiger charge is -2.07. The standard InChI is InChI=1S/C23H18FN5O2/c1-15-26-23(29-28-15)17-4-2-5-18(13-17)27-22(30)10-8-16-7-9-21(20(24)12-16)31-19-6-3-11-25-14-19/h2-14H,1H3,(H,27,30)(H,26,28,29)/b10-8+. The third-order valence-corrected chi connectivity index (χ3v) is 4.23. The largest absolute Gasteiger partial charge is 0.453 e. The molecule has 0 aliphatic heterocycles. The maximum atomic E-state index is 14.3. The van der Waals surface area contributed by atoms with Gasteiger partial charge in [0, 0.05) is 23.5 Å². The van der Waals surface area contributed by atoms with E-state index < -0.39 is 5.82 Å². The zero-order valence-electron chi connectivity index (χ0n) is 16.5. The molecule has 0 spiro atoms. The number of nitrogens with zero attached hydrogens (tertiary/aromatic N) is 3. The molecule has 2 heterocycles. The second-order valence-electron chi connectivity index (χ2n) is 6.63. The van der Waals surface area contributed by atoms with Gasteiger partial charge in [-0.15, -0.1) is 0 Å². The molecule has 0 saturated heterocycles. The smallest absolute Gasteiger partial charge is 0.248 e. The van der Waals surface area contributed by atoms with Crippen LogP contribution >= 0.6 is 0 Å². The number of hydrogen-bond acceptors (Lipinski definition) is 5. The van der Waals surface area contributed by atoms with Crippen molar-refractivity contribution >= 4 is 17.7 Å². The molecule has 2 N–H and O–H groups in total. The number of H-pyrrole nitrogens is 1. The first kappa shape index (κ1) is 20.0. The van der Waals surface area contributed by atoms with Crippen LogP contribution in [-0.4, -0.2) is 26.1 Å². The number of halogens is 1. The van der Waals surface area contributed by atoms with Gasteiger partial charge in [-0.1, -0.05) is 18.2 Å². The fourth-order valence-corrected chi connectivity index (χ4v) is 2.80. The first-order valence-corrected chi connectivity index (χ1v) is 9.43. The molecule has 2 aromatic heterocycles. The maximum absolute atomic E-state index is 14.3. The zero-order valence-corrected chi connectivity index (χ0v) is 16.5. The van der Waals surface area contributed by atoms with E-state index in [1.165, 1.54) is 30.5 Å². The number of amides is 1. The Balaban J connectivity index is 1.41. The number of aryl methyl sites for hydroxylation is 1. The summed E-state index contributed by atoms with van der Waals surface area (Å²) in [6.07, 6.45) is 5.96. The van der Waals surface area contributed by atoms with Gasteiger partial charge in [-0.2, -0.15) is 5.10 Å². The van der Waals surface area contributed by atoms with E-state index >= 15 is 0 Å². The van der Waals surface area contributed by atoms with Crippen LogP contribution in [0.25, 0.3) is 17.5 Å². The van der Waals surface area contributed by atoms with E-state index in [2.05, 4.69) is 25.5 Å². The van der Waals surface area contributed by atoms with Crippen LogP contribution in [-0.2, 0) is 4.79 Å². The summed E-state index contributed by atoms with van der Waals surface area (Å²) in [5.74, 6) is 0.880. The van der Waals surface area contributed by atoms with Crippen LogP contribution in [0.1, 0.15) is 11.4 Å². The number of ether oxygens (including phenoxy) is 1. The lowest BCUT2D eigenvalue weighted by atomic mass is 10.2. The molecule has 1 amide bonds. The number of aromatic nitrogens is 4. The molecule has 0 unspecified atom stereocenters. The fourth-order valence-electron chi connectivity index (χ4n) is 2.80. The number of nitrogens with one attached hydrogen (secondary N) is 2. The Morgan fingerprint density at radius 3 is 2.81 bits per heavy atom. The predicted octanol–water partition coefficient (Wildman–Crippen LogP) is 4.76. The summed E-state index contributed by atoms with van der Waals surface area (Å²) in [6, 6.07) is 15.0. The van der Waals surface area contributed by atoms with Gasteiger partial charge in [0.05, 0.1) is 6.20 Å². The molecule has 154 valence electrons. The van der Waals surface area contributed by atoms with Crippen molar-refractivity contribution in [3.05, 3.63) is 90.3 Å². The zero-order chi connectivity index (χ0) is 21.6. The van der Waals surface area contributed by atoms with Gasteiger partial charge in [0.25, 0.3) is 0 Å². The van der Waals surface area contributed by atoms with E-state index in [9.17, 15) is 9.18 Å². The number of rotatable bonds is 6. The third kappa shape index (κ3) is 5.18. The number of carbonyl (C=O) groups excluding carboxylic acids is 1. The van der Waals surface area contributed by atoms with Crippen LogP contribution < -0.4 is 10.1 Å². The number of hydrogen-bond donors (Lipinski definition) is 2. The van der Waals surface area contributed by atoms with Gasteiger partial charge in [0.2, 0.25) is 5.91 Å². The lowest BCUT2D eigenvalue weighted by Crippen LogP contribution is -2.07. The van der Waals surface area contributed by atoms with Crippen molar-refractivity contribution < 1.29 is 13.9 Å². The molecule has 7 nitrogen and oxygen atoms in total. The molecular weight excluding hydrogens is 397 g/mol.